The summed E-state index contributed by atoms with van der Waals surface area (Å²) in [6, 6.07) is 3.41. The highest BCUT2D eigenvalue weighted by atomic mass is 35.5. The van der Waals surface area contributed by atoms with Crippen molar-refractivity contribution in [3.8, 4) is 0 Å². The molecule has 2 rings (SSSR count). The van der Waals surface area contributed by atoms with E-state index in [1.54, 1.807) is 26.0 Å². The molecule has 0 aliphatic rings. The fourth-order valence-corrected chi connectivity index (χ4v) is 3.90. The van der Waals surface area contributed by atoms with Crippen LogP contribution in [0.15, 0.2) is 23.4 Å². The summed E-state index contributed by atoms with van der Waals surface area (Å²) in [5, 5.41) is 3.83. The number of sulfonamides is 1. The molecule has 1 heterocycles. The lowest BCUT2D eigenvalue weighted by molar-refractivity contribution is 0.582. The summed E-state index contributed by atoms with van der Waals surface area (Å²) < 4.78 is 28.6. The van der Waals surface area contributed by atoms with Crippen LogP contribution in [0.25, 0.3) is 0 Å². The number of rotatable bonds is 3. The zero-order valence-corrected chi connectivity index (χ0v) is 12.9. The zero-order valence-electron chi connectivity index (χ0n) is 11.3. The molecule has 3 N–H and O–H groups in total. The molecule has 0 saturated heterocycles. The van der Waals surface area contributed by atoms with E-state index in [0.29, 0.717) is 11.4 Å². The molecule has 2 aromatic rings. The van der Waals surface area contributed by atoms with Gasteiger partial charge >= 0.3 is 0 Å². The Bertz CT molecular complexity index is 725. The average Bonchev–Trinajstić information content (AvgIpc) is 2.64. The van der Waals surface area contributed by atoms with Crippen LogP contribution in [0.4, 0.5) is 11.4 Å². The number of nitrogens with two attached hydrogens (primary N) is 1. The number of halogens is 1. The number of nitrogen functional groups attached to an aromatic ring is 1. The predicted molar refractivity (Wildman–Crippen MR) is 79.4 cm³/mol. The summed E-state index contributed by atoms with van der Waals surface area (Å²) in [5.74, 6) is 0. The van der Waals surface area contributed by atoms with Crippen molar-refractivity contribution in [3.05, 3.63) is 34.5 Å². The van der Waals surface area contributed by atoms with E-state index < -0.39 is 10.0 Å². The van der Waals surface area contributed by atoms with Gasteiger partial charge in [-0.2, -0.15) is 13.5 Å². The monoisotopic (exact) mass is 314 g/mol. The highest BCUT2D eigenvalue weighted by Crippen LogP contribution is 2.28. The van der Waals surface area contributed by atoms with Gasteiger partial charge in [-0.05, 0) is 37.1 Å². The van der Waals surface area contributed by atoms with E-state index in [1.165, 1.54) is 17.9 Å². The van der Waals surface area contributed by atoms with Crippen LogP contribution in [-0.4, -0.2) is 18.2 Å². The van der Waals surface area contributed by atoms with Gasteiger partial charge in [-0.25, -0.2) is 0 Å². The molecule has 0 saturated carbocycles. The third-order valence-electron chi connectivity index (χ3n) is 2.89. The summed E-state index contributed by atoms with van der Waals surface area (Å²) in [7, 11) is -2.29. The van der Waals surface area contributed by atoms with Gasteiger partial charge in [-0.3, -0.25) is 9.40 Å². The van der Waals surface area contributed by atoms with E-state index in [-0.39, 0.29) is 10.0 Å². The van der Waals surface area contributed by atoms with Crippen LogP contribution in [0.1, 0.15) is 11.1 Å². The average molecular weight is 315 g/mol. The van der Waals surface area contributed by atoms with Crippen molar-refractivity contribution in [3.63, 3.8) is 0 Å². The fraction of sp³-hybridized carbons (Fsp3) is 0.250. The molecule has 1 aromatic carbocycles. The Balaban J connectivity index is 2.50. The van der Waals surface area contributed by atoms with Crippen LogP contribution < -0.4 is 10.5 Å². The second-order valence-corrected chi connectivity index (χ2v) is 6.56. The molecule has 0 fully saturated rings. The van der Waals surface area contributed by atoms with Crippen molar-refractivity contribution in [2.24, 2.45) is 7.05 Å². The number of benzene rings is 1. The molecule has 0 radical (unpaired) electrons. The first-order valence-electron chi connectivity index (χ1n) is 5.79. The minimum Gasteiger partial charge on any atom is -0.399 e. The predicted octanol–water partition coefficient (Wildman–Crippen LogP) is 2.07. The largest absolute Gasteiger partial charge is 0.399 e. The second-order valence-electron chi connectivity index (χ2n) is 4.56. The third kappa shape index (κ3) is 2.59. The van der Waals surface area contributed by atoms with E-state index in [2.05, 4.69) is 9.82 Å². The Morgan fingerprint density at radius 2 is 1.85 bits per heavy atom. The van der Waals surface area contributed by atoms with Crippen LogP contribution >= 0.6 is 11.6 Å². The van der Waals surface area contributed by atoms with Gasteiger partial charge in [0.25, 0.3) is 10.0 Å². The minimum atomic E-state index is -3.81. The number of nitrogens with one attached hydrogen (secondary N) is 1. The van der Waals surface area contributed by atoms with Crippen molar-refractivity contribution in [1.82, 2.24) is 9.78 Å². The molecule has 1 aromatic heterocycles. The van der Waals surface area contributed by atoms with Crippen molar-refractivity contribution in [2.45, 2.75) is 18.9 Å². The van der Waals surface area contributed by atoms with Crippen LogP contribution in [0.5, 0.6) is 0 Å². The van der Waals surface area contributed by atoms with Crippen LogP contribution in [0.3, 0.4) is 0 Å². The Labute approximate surface area is 122 Å². The lowest BCUT2D eigenvalue weighted by Crippen LogP contribution is -2.18. The molecule has 6 nitrogen and oxygen atoms in total. The topological polar surface area (TPSA) is 90.0 Å². The minimum absolute atomic E-state index is 0.0743. The normalized spacial score (nSPS) is 11.6. The van der Waals surface area contributed by atoms with Gasteiger partial charge in [-0.1, -0.05) is 11.6 Å². The molecule has 0 bridgehead atoms. The van der Waals surface area contributed by atoms with E-state index in [9.17, 15) is 8.42 Å². The maximum Gasteiger partial charge on any atom is 0.280 e. The Morgan fingerprint density at radius 1 is 1.30 bits per heavy atom. The Morgan fingerprint density at radius 3 is 2.30 bits per heavy atom. The first-order valence-corrected chi connectivity index (χ1v) is 7.65. The van der Waals surface area contributed by atoms with Gasteiger partial charge in [-0.15, -0.1) is 0 Å². The number of hydrogen-bond acceptors (Lipinski definition) is 4. The van der Waals surface area contributed by atoms with Crippen LogP contribution in [-0.2, 0) is 17.1 Å². The van der Waals surface area contributed by atoms with Crippen LogP contribution in [0, 0.1) is 13.8 Å². The molecular formula is C12H15ClN4O2S. The molecule has 8 heteroatoms. The third-order valence-corrected chi connectivity index (χ3v) is 4.74. The molecule has 0 spiro atoms. The highest BCUT2D eigenvalue weighted by Gasteiger charge is 2.24. The summed E-state index contributed by atoms with van der Waals surface area (Å²) in [4.78, 5) is 0. The van der Waals surface area contributed by atoms with Crippen LogP contribution in [0.2, 0.25) is 5.02 Å². The molecule has 108 valence electrons. The molecule has 0 unspecified atom stereocenters. The zero-order chi connectivity index (χ0) is 15.1. The molecule has 0 aliphatic carbocycles. The molecule has 20 heavy (non-hydrogen) atoms. The van der Waals surface area contributed by atoms with E-state index in [4.69, 9.17) is 17.3 Å². The number of aryl methyl sites for hydroxylation is 3. The maximum absolute atomic E-state index is 12.4. The Hall–Kier alpha value is -1.73. The van der Waals surface area contributed by atoms with E-state index in [0.717, 1.165) is 11.1 Å². The summed E-state index contributed by atoms with van der Waals surface area (Å²) in [6.07, 6.45) is 1.29. The SMILES string of the molecule is Cc1cc(N)cc(C)c1NS(=O)(=O)c1c(Cl)cnn1C. The second kappa shape index (κ2) is 4.99. The summed E-state index contributed by atoms with van der Waals surface area (Å²) >= 11 is 5.88. The quantitative estimate of drug-likeness (QED) is 0.849. The fourth-order valence-electron chi connectivity index (χ4n) is 2.04. The summed E-state index contributed by atoms with van der Waals surface area (Å²) in [6.45, 7) is 3.57. The molecular weight excluding hydrogens is 300 g/mol. The van der Waals surface area contributed by atoms with Crippen molar-refractivity contribution in [2.75, 3.05) is 10.5 Å². The molecule has 0 aliphatic heterocycles. The highest BCUT2D eigenvalue weighted by molar-refractivity contribution is 7.92. The van der Waals surface area contributed by atoms with Gasteiger partial charge in [0.15, 0.2) is 5.03 Å². The van der Waals surface area contributed by atoms with Gasteiger partial charge in [0.2, 0.25) is 0 Å². The van der Waals surface area contributed by atoms with E-state index >= 15 is 0 Å². The Kier molecular flexibility index (Phi) is 3.66. The van der Waals surface area contributed by atoms with Gasteiger partial charge < -0.3 is 5.73 Å². The molecule has 0 atom stereocenters. The van der Waals surface area contributed by atoms with Gasteiger partial charge in [0.1, 0.15) is 0 Å². The molecule has 0 amide bonds. The number of hydrogen-bond donors (Lipinski definition) is 2. The first-order chi connectivity index (χ1) is 9.22. The van der Waals surface area contributed by atoms with Gasteiger partial charge in [0, 0.05) is 12.7 Å². The van der Waals surface area contributed by atoms with Crippen molar-refractivity contribution in [1.29, 1.82) is 0 Å². The van der Waals surface area contributed by atoms with E-state index in [1.807, 2.05) is 0 Å². The number of nitrogens with zero attached hydrogens (tertiary/aromatic N) is 2. The lowest BCUT2D eigenvalue weighted by Gasteiger charge is -2.14. The van der Waals surface area contributed by atoms with Crippen molar-refractivity contribution >= 4 is 33.0 Å². The van der Waals surface area contributed by atoms with Crippen molar-refractivity contribution < 1.29 is 8.42 Å². The summed E-state index contributed by atoms with van der Waals surface area (Å²) in [5.41, 5.74) is 8.28. The lowest BCUT2D eigenvalue weighted by atomic mass is 10.1. The maximum atomic E-state index is 12.4. The number of aromatic nitrogens is 2. The van der Waals surface area contributed by atoms with Gasteiger partial charge in [0.05, 0.1) is 16.9 Å². The smallest absolute Gasteiger partial charge is 0.280 e. The standard InChI is InChI=1S/C12H15ClN4O2S/c1-7-4-9(14)5-8(2)11(7)16-20(18,19)12-10(13)6-15-17(12)3/h4-6,16H,14H2,1-3H3. The first kappa shape index (κ1) is 14.7. The number of anilines is 2.